The van der Waals surface area contributed by atoms with Gasteiger partial charge in [-0.05, 0) is 24.7 Å². The van der Waals surface area contributed by atoms with Gasteiger partial charge in [-0.25, -0.2) is 0 Å². The zero-order valence-corrected chi connectivity index (χ0v) is 11.2. The largest absolute Gasteiger partial charge is 0.481 e. The van der Waals surface area contributed by atoms with Gasteiger partial charge in [0.15, 0.2) is 0 Å². The van der Waals surface area contributed by atoms with Crippen LogP contribution in [0, 0.1) is 23.7 Å². The van der Waals surface area contributed by atoms with E-state index < -0.39 is 17.8 Å². The number of hydrogen-bond acceptors (Lipinski definition) is 3. The number of carbonyl (C=O) groups is 2. The van der Waals surface area contributed by atoms with Crippen LogP contribution in [0.4, 0.5) is 0 Å². The molecule has 4 atom stereocenters. The second-order valence-electron chi connectivity index (χ2n) is 5.39. The highest BCUT2D eigenvalue weighted by atomic mass is 16.4. The van der Waals surface area contributed by atoms with Gasteiger partial charge < -0.3 is 15.1 Å². The van der Waals surface area contributed by atoms with E-state index in [0.717, 1.165) is 12.8 Å². The molecule has 0 heterocycles. The van der Waals surface area contributed by atoms with Crippen molar-refractivity contribution >= 4 is 11.9 Å². The van der Waals surface area contributed by atoms with Crippen molar-refractivity contribution in [3.8, 4) is 0 Å². The van der Waals surface area contributed by atoms with Gasteiger partial charge in [-0.15, -0.1) is 0 Å². The van der Waals surface area contributed by atoms with Crippen LogP contribution in [-0.2, 0) is 9.59 Å². The summed E-state index contributed by atoms with van der Waals surface area (Å²) in [7, 11) is 0. The number of allylic oxidation sites excluding steroid dienone is 2. The van der Waals surface area contributed by atoms with Crippen molar-refractivity contribution in [3.63, 3.8) is 0 Å². The molecule has 0 saturated heterocycles. The summed E-state index contributed by atoms with van der Waals surface area (Å²) in [4.78, 5) is 25.5. The molecule has 2 aliphatic rings. The molecule has 5 heteroatoms. The number of aliphatic hydroxyl groups excluding tert-OH is 1. The fourth-order valence-electron chi connectivity index (χ4n) is 3.43. The fraction of sp³-hybridized carbons (Fsp3) is 0.714. The lowest BCUT2D eigenvalue weighted by Crippen LogP contribution is -2.44. The van der Waals surface area contributed by atoms with Gasteiger partial charge >= 0.3 is 5.97 Å². The zero-order valence-electron chi connectivity index (χ0n) is 11.2. The maximum atomic E-state index is 12.5. The second kappa shape index (κ2) is 5.74. The van der Waals surface area contributed by atoms with Crippen LogP contribution in [-0.4, -0.2) is 46.7 Å². The Labute approximate surface area is 112 Å². The first-order valence-electron chi connectivity index (χ1n) is 6.91. The Morgan fingerprint density at radius 2 is 1.84 bits per heavy atom. The lowest BCUT2D eigenvalue weighted by Gasteiger charge is -2.30. The minimum absolute atomic E-state index is 0.00551. The lowest BCUT2D eigenvalue weighted by atomic mass is 9.82. The van der Waals surface area contributed by atoms with Gasteiger partial charge in [0.25, 0.3) is 0 Å². The first-order chi connectivity index (χ1) is 9.10. The standard InChI is InChI=1S/C14H21NO4/c1-2-5-15(6-7-16)13(17)11-9-3-4-10(8-9)12(11)14(18)19/h3-4,9-12,16H,2,5-8H2,1H3,(H,18,19)/t9?,10?,11-,12+/m0/s1. The number of carbonyl (C=O) groups excluding carboxylic acids is 1. The molecule has 0 aromatic carbocycles. The van der Waals surface area contributed by atoms with E-state index >= 15 is 0 Å². The molecule has 1 saturated carbocycles. The number of aliphatic hydroxyl groups is 1. The van der Waals surface area contributed by atoms with E-state index in [4.69, 9.17) is 5.11 Å². The van der Waals surface area contributed by atoms with Crippen molar-refractivity contribution in [2.45, 2.75) is 19.8 Å². The van der Waals surface area contributed by atoms with E-state index in [0.29, 0.717) is 6.54 Å². The summed E-state index contributed by atoms with van der Waals surface area (Å²) >= 11 is 0. The number of hydrogen-bond donors (Lipinski definition) is 2. The number of rotatable bonds is 6. The monoisotopic (exact) mass is 267 g/mol. The Morgan fingerprint density at radius 1 is 1.21 bits per heavy atom. The third-order valence-corrected chi connectivity index (χ3v) is 4.20. The molecule has 2 rings (SSSR count). The van der Waals surface area contributed by atoms with Gasteiger partial charge in [0, 0.05) is 13.1 Å². The molecule has 0 radical (unpaired) electrons. The van der Waals surface area contributed by atoms with E-state index in [2.05, 4.69) is 0 Å². The number of carboxylic acid groups (broad SMARTS) is 1. The van der Waals surface area contributed by atoms with Crippen molar-refractivity contribution in [2.75, 3.05) is 19.7 Å². The summed E-state index contributed by atoms with van der Waals surface area (Å²) < 4.78 is 0. The minimum Gasteiger partial charge on any atom is -0.481 e. The van der Waals surface area contributed by atoms with Crippen molar-refractivity contribution < 1.29 is 19.8 Å². The summed E-state index contributed by atoms with van der Waals surface area (Å²) in [5.74, 6) is -1.99. The second-order valence-corrected chi connectivity index (χ2v) is 5.39. The smallest absolute Gasteiger partial charge is 0.307 e. The molecule has 1 amide bonds. The van der Waals surface area contributed by atoms with Crippen molar-refractivity contribution in [1.82, 2.24) is 4.90 Å². The quantitative estimate of drug-likeness (QED) is 0.696. The molecule has 0 aliphatic heterocycles. The van der Waals surface area contributed by atoms with Crippen LogP contribution in [0.3, 0.4) is 0 Å². The van der Waals surface area contributed by atoms with Gasteiger partial charge in [0.1, 0.15) is 0 Å². The number of nitrogens with zero attached hydrogens (tertiary/aromatic N) is 1. The number of carboxylic acids is 1. The lowest BCUT2D eigenvalue weighted by molar-refractivity contribution is -0.151. The molecule has 2 bridgehead atoms. The highest BCUT2D eigenvalue weighted by Gasteiger charge is 2.52. The molecule has 19 heavy (non-hydrogen) atoms. The van der Waals surface area contributed by atoms with Gasteiger partial charge in [0.05, 0.1) is 18.4 Å². The Morgan fingerprint density at radius 3 is 2.37 bits per heavy atom. The van der Waals surface area contributed by atoms with Crippen molar-refractivity contribution in [1.29, 1.82) is 0 Å². The van der Waals surface area contributed by atoms with Crippen LogP contribution in [0.5, 0.6) is 0 Å². The SMILES string of the molecule is CCCN(CCO)C(=O)[C@H]1C2C=CC(C2)[C@H]1C(=O)O. The Balaban J connectivity index is 2.16. The molecule has 1 fully saturated rings. The summed E-state index contributed by atoms with van der Waals surface area (Å²) in [6.45, 7) is 2.74. The highest BCUT2D eigenvalue weighted by molar-refractivity contribution is 5.87. The molecule has 2 unspecified atom stereocenters. The molecule has 0 aromatic rings. The van der Waals surface area contributed by atoms with Gasteiger partial charge in [-0.1, -0.05) is 19.1 Å². The van der Waals surface area contributed by atoms with E-state index in [1.54, 1.807) is 4.90 Å². The number of amides is 1. The summed E-state index contributed by atoms with van der Waals surface area (Å²) in [5.41, 5.74) is 0. The van der Waals surface area contributed by atoms with E-state index in [9.17, 15) is 14.7 Å². The fourth-order valence-corrected chi connectivity index (χ4v) is 3.43. The first-order valence-corrected chi connectivity index (χ1v) is 6.91. The minimum atomic E-state index is -0.879. The zero-order chi connectivity index (χ0) is 14.0. The molecule has 0 aromatic heterocycles. The summed E-state index contributed by atoms with van der Waals surface area (Å²) in [6, 6.07) is 0. The Kier molecular flexibility index (Phi) is 4.24. The molecule has 2 aliphatic carbocycles. The van der Waals surface area contributed by atoms with E-state index in [1.165, 1.54) is 0 Å². The van der Waals surface area contributed by atoms with E-state index in [1.807, 2.05) is 19.1 Å². The Hall–Kier alpha value is -1.36. The van der Waals surface area contributed by atoms with Crippen LogP contribution < -0.4 is 0 Å². The molecular weight excluding hydrogens is 246 g/mol. The maximum Gasteiger partial charge on any atom is 0.307 e. The molecule has 5 nitrogen and oxygen atoms in total. The average molecular weight is 267 g/mol. The van der Waals surface area contributed by atoms with Crippen LogP contribution in [0.25, 0.3) is 0 Å². The predicted octanol–water partition coefficient (Wildman–Crippen LogP) is 0.740. The summed E-state index contributed by atoms with van der Waals surface area (Å²) in [5, 5.41) is 18.4. The molecule has 106 valence electrons. The topological polar surface area (TPSA) is 77.8 Å². The Bertz CT molecular complexity index is 387. The third kappa shape index (κ3) is 2.52. The normalized spacial score (nSPS) is 31.7. The molecule has 0 spiro atoms. The van der Waals surface area contributed by atoms with Crippen LogP contribution in [0.15, 0.2) is 12.2 Å². The van der Waals surface area contributed by atoms with Crippen LogP contribution in [0.2, 0.25) is 0 Å². The predicted molar refractivity (Wildman–Crippen MR) is 69.3 cm³/mol. The van der Waals surface area contributed by atoms with Crippen LogP contribution >= 0.6 is 0 Å². The number of aliphatic carboxylic acids is 1. The molecular formula is C14H21NO4. The third-order valence-electron chi connectivity index (χ3n) is 4.20. The highest BCUT2D eigenvalue weighted by Crippen LogP contribution is 2.48. The molecule has 2 N–H and O–H groups in total. The average Bonchev–Trinajstić information content (AvgIpc) is 2.97. The van der Waals surface area contributed by atoms with Gasteiger partial charge in [0.2, 0.25) is 5.91 Å². The van der Waals surface area contributed by atoms with E-state index in [-0.39, 0.29) is 30.9 Å². The first kappa shape index (κ1) is 14.1. The number of fused-ring (bicyclic) bond motifs is 2. The maximum absolute atomic E-state index is 12.5. The summed E-state index contributed by atoms with van der Waals surface area (Å²) in [6.07, 6.45) is 5.49. The van der Waals surface area contributed by atoms with Crippen LogP contribution in [0.1, 0.15) is 19.8 Å². The van der Waals surface area contributed by atoms with Crippen molar-refractivity contribution in [2.24, 2.45) is 23.7 Å². The van der Waals surface area contributed by atoms with Crippen molar-refractivity contribution in [3.05, 3.63) is 12.2 Å². The van der Waals surface area contributed by atoms with Gasteiger partial charge in [-0.3, -0.25) is 9.59 Å². The van der Waals surface area contributed by atoms with Gasteiger partial charge in [-0.2, -0.15) is 0 Å².